The number of rotatable bonds is 5. The molecule has 0 saturated carbocycles. The van der Waals surface area contributed by atoms with Crippen molar-refractivity contribution in [3.05, 3.63) is 30.1 Å². The van der Waals surface area contributed by atoms with Crippen molar-refractivity contribution in [3.8, 4) is 0 Å². The number of aromatic nitrogens is 5. The maximum atomic E-state index is 12.2. The molecular formula is C15H25N7O. The van der Waals surface area contributed by atoms with Crippen molar-refractivity contribution in [2.45, 2.75) is 52.2 Å². The molecule has 8 nitrogen and oxygen atoms in total. The van der Waals surface area contributed by atoms with Crippen LogP contribution < -0.4 is 5.32 Å². The Morgan fingerprint density at radius 3 is 2.78 bits per heavy atom. The third-order valence-corrected chi connectivity index (χ3v) is 3.45. The molecule has 0 aliphatic rings. The van der Waals surface area contributed by atoms with E-state index in [-0.39, 0.29) is 17.5 Å². The van der Waals surface area contributed by atoms with Gasteiger partial charge in [0.1, 0.15) is 12.7 Å². The van der Waals surface area contributed by atoms with Gasteiger partial charge in [0.2, 0.25) is 0 Å². The Morgan fingerprint density at radius 2 is 2.22 bits per heavy atom. The number of nitrogens with one attached hydrogen (secondary N) is 2. The van der Waals surface area contributed by atoms with Crippen LogP contribution in [0.3, 0.4) is 0 Å². The van der Waals surface area contributed by atoms with Gasteiger partial charge in [0, 0.05) is 18.5 Å². The first-order valence-electron chi connectivity index (χ1n) is 7.64. The largest absolute Gasteiger partial charge is 0.334 e. The van der Waals surface area contributed by atoms with E-state index in [1.54, 1.807) is 23.0 Å². The molecule has 23 heavy (non-hydrogen) atoms. The maximum absolute atomic E-state index is 12.2. The number of hydrogen-bond donors (Lipinski definition) is 2. The first-order chi connectivity index (χ1) is 10.8. The van der Waals surface area contributed by atoms with E-state index in [0.717, 1.165) is 11.4 Å². The Morgan fingerprint density at radius 1 is 1.48 bits per heavy atom. The molecule has 2 rings (SSSR count). The summed E-state index contributed by atoms with van der Waals surface area (Å²) in [5.74, 6) is 0. The highest BCUT2D eigenvalue weighted by atomic mass is 16.2. The number of carbonyl (C=O) groups is 1. The van der Waals surface area contributed by atoms with Gasteiger partial charge >= 0.3 is 6.03 Å². The van der Waals surface area contributed by atoms with E-state index in [9.17, 15) is 4.79 Å². The minimum Gasteiger partial charge on any atom is -0.334 e. The Balaban J connectivity index is 1.86. The Hall–Kier alpha value is -2.38. The fourth-order valence-corrected chi connectivity index (χ4v) is 2.13. The van der Waals surface area contributed by atoms with Crippen LogP contribution >= 0.6 is 0 Å². The van der Waals surface area contributed by atoms with Gasteiger partial charge in [-0.15, -0.1) is 0 Å². The van der Waals surface area contributed by atoms with Crippen molar-refractivity contribution in [1.29, 1.82) is 0 Å². The van der Waals surface area contributed by atoms with E-state index in [1.807, 2.05) is 13.0 Å². The minimum absolute atomic E-state index is 0.0120. The topological polar surface area (TPSA) is 91.7 Å². The maximum Gasteiger partial charge on any atom is 0.317 e. The van der Waals surface area contributed by atoms with Gasteiger partial charge in [-0.05, 0) is 13.0 Å². The van der Waals surface area contributed by atoms with Crippen LogP contribution in [0.15, 0.2) is 18.7 Å². The number of hydrogen-bond acceptors (Lipinski definition) is 4. The van der Waals surface area contributed by atoms with Gasteiger partial charge in [0.15, 0.2) is 0 Å². The fraction of sp³-hybridized carbons (Fsp3) is 0.600. The Bertz CT molecular complexity index is 627. The summed E-state index contributed by atoms with van der Waals surface area (Å²) in [5, 5.41) is 14.3. The van der Waals surface area contributed by atoms with Crippen molar-refractivity contribution in [1.82, 2.24) is 35.2 Å². The molecule has 0 bridgehead atoms. The van der Waals surface area contributed by atoms with E-state index in [4.69, 9.17) is 0 Å². The van der Waals surface area contributed by atoms with Crippen LogP contribution in [0.5, 0.6) is 0 Å². The van der Waals surface area contributed by atoms with E-state index in [2.05, 4.69) is 46.4 Å². The number of amides is 2. The fourth-order valence-electron chi connectivity index (χ4n) is 2.13. The molecule has 2 heterocycles. The minimum atomic E-state index is -0.135. The highest BCUT2D eigenvalue weighted by Crippen LogP contribution is 2.20. The number of aromatic amines is 1. The van der Waals surface area contributed by atoms with Gasteiger partial charge in [-0.2, -0.15) is 10.2 Å². The van der Waals surface area contributed by atoms with Crippen molar-refractivity contribution < 1.29 is 4.79 Å². The number of H-pyrrole nitrogens is 1. The first-order valence-corrected chi connectivity index (χ1v) is 7.64. The summed E-state index contributed by atoms with van der Waals surface area (Å²) in [7, 11) is 1.76. The quantitative estimate of drug-likeness (QED) is 0.874. The Labute approximate surface area is 136 Å². The van der Waals surface area contributed by atoms with Crippen LogP contribution in [0.2, 0.25) is 0 Å². The zero-order chi connectivity index (χ0) is 17.0. The van der Waals surface area contributed by atoms with Crippen molar-refractivity contribution in [2.75, 3.05) is 7.05 Å². The second-order valence-corrected chi connectivity index (χ2v) is 6.85. The molecule has 0 aliphatic heterocycles. The predicted molar refractivity (Wildman–Crippen MR) is 86.8 cm³/mol. The summed E-state index contributed by atoms with van der Waals surface area (Å²) in [6.45, 7) is 9.31. The average molecular weight is 319 g/mol. The molecule has 2 aromatic rings. The van der Waals surface area contributed by atoms with Gasteiger partial charge in [0.25, 0.3) is 0 Å². The molecule has 0 aliphatic carbocycles. The van der Waals surface area contributed by atoms with Crippen LogP contribution in [0.4, 0.5) is 4.79 Å². The number of carbonyl (C=O) groups excluding carboxylic acids is 1. The lowest BCUT2D eigenvalue weighted by atomic mass is 9.92. The summed E-state index contributed by atoms with van der Waals surface area (Å²) in [6.07, 6.45) is 3.11. The second kappa shape index (κ2) is 6.80. The molecule has 0 fully saturated rings. The summed E-state index contributed by atoms with van der Waals surface area (Å²) in [5.41, 5.74) is 1.89. The Kier molecular flexibility index (Phi) is 5.02. The summed E-state index contributed by atoms with van der Waals surface area (Å²) in [4.78, 5) is 17.7. The second-order valence-electron chi connectivity index (χ2n) is 6.85. The normalized spacial score (nSPS) is 12.9. The molecule has 2 aromatic heterocycles. The molecular weight excluding hydrogens is 294 g/mol. The van der Waals surface area contributed by atoms with Crippen LogP contribution in [-0.2, 0) is 18.5 Å². The molecule has 0 saturated heterocycles. The van der Waals surface area contributed by atoms with Gasteiger partial charge in [-0.25, -0.2) is 9.78 Å². The molecule has 0 spiro atoms. The lowest BCUT2D eigenvalue weighted by molar-refractivity contribution is 0.201. The predicted octanol–water partition coefficient (Wildman–Crippen LogP) is 1.53. The summed E-state index contributed by atoms with van der Waals surface area (Å²) < 4.78 is 1.69. The SMILES string of the molecule is C[C@@H](Cn1cncn1)NC(=O)N(C)Cc1cc(C(C)(C)C)n[nH]1. The molecule has 2 amide bonds. The van der Waals surface area contributed by atoms with Gasteiger partial charge in [-0.1, -0.05) is 20.8 Å². The molecule has 0 aromatic carbocycles. The van der Waals surface area contributed by atoms with Crippen LogP contribution in [-0.4, -0.2) is 49.0 Å². The molecule has 0 radical (unpaired) electrons. The van der Waals surface area contributed by atoms with Gasteiger partial charge in [-0.3, -0.25) is 9.78 Å². The summed E-state index contributed by atoms with van der Waals surface area (Å²) >= 11 is 0. The zero-order valence-electron chi connectivity index (χ0n) is 14.4. The monoisotopic (exact) mass is 319 g/mol. The lowest BCUT2D eigenvalue weighted by Gasteiger charge is -2.20. The molecule has 126 valence electrons. The highest BCUT2D eigenvalue weighted by Gasteiger charge is 2.19. The van der Waals surface area contributed by atoms with E-state index in [0.29, 0.717) is 13.1 Å². The van der Waals surface area contributed by atoms with E-state index >= 15 is 0 Å². The standard InChI is InChI=1S/C15H25N7O/c1-11(7-22-10-16-9-17-22)18-14(23)21(5)8-12-6-13(20-19-12)15(2,3)4/h6,9-11H,7-8H2,1-5H3,(H,18,23)(H,19,20)/t11-/m0/s1. The van der Waals surface area contributed by atoms with E-state index < -0.39 is 0 Å². The van der Waals surface area contributed by atoms with Crippen molar-refractivity contribution >= 4 is 6.03 Å². The highest BCUT2D eigenvalue weighted by molar-refractivity contribution is 5.74. The van der Waals surface area contributed by atoms with Crippen molar-refractivity contribution in [3.63, 3.8) is 0 Å². The molecule has 2 N–H and O–H groups in total. The van der Waals surface area contributed by atoms with E-state index in [1.165, 1.54) is 6.33 Å². The third kappa shape index (κ3) is 4.80. The number of nitrogens with zero attached hydrogens (tertiary/aromatic N) is 5. The van der Waals surface area contributed by atoms with Gasteiger partial charge in [0.05, 0.1) is 24.5 Å². The van der Waals surface area contributed by atoms with Crippen LogP contribution in [0, 0.1) is 0 Å². The van der Waals surface area contributed by atoms with Crippen molar-refractivity contribution in [2.24, 2.45) is 0 Å². The smallest absolute Gasteiger partial charge is 0.317 e. The summed E-state index contributed by atoms with van der Waals surface area (Å²) in [6, 6.07) is 1.82. The van der Waals surface area contributed by atoms with Gasteiger partial charge < -0.3 is 10.2 Å². The molecule has 8 heteroatoms. The molecule has 1 atom stereocenters. The van der Waals surface area contributed by atoms with Crippen LogP contribution in [0.1, 0.15) is 39.1 Å². The van der Waals surface area contributed by atoms with Crippen LogP contribution in [0.25, 0.3) is 0 Å². The molecule has 0 unspecified atom stereocenters. The zero-order valence-corrected chi connectivity index (χ0v) is 14.4. The average Bonchev–Trinajstić information content (AvgIpc) is 3.09. The lowest BCUT2D eigenvalue weighted by Crippen LogP contribution is -2.43. The third-order valence-electron chi connectivity index (χ3n) is 3.45. The first kappa shape index (κ1) is 17.0. The number of urea groups is 1.